The summed E-state index contributed by atoms with van der Waals surface area (Å²) in [6.45, 7) is -0.562. The average Bonchev–Trinajstić information content (AvgIpc) is 2.52. The molecule has 0 aliphatic carbocycles. The van der Waals surface area contributed by atoms with Crippen LogP contribution in [0.4, 0.5) is 0 Å². The highest BCUT2D eigenvalue weighted by Gasteiger charge is 2.10. The van der Waals surface area contributed by atoms with Gasteiger partial charge in [-0.2, -0.15) is 0 Å². The van der Waals surface area contributed by atoms with Gasteiger partial charge in [0.05, 0.1) is 18.8 Å². The van der Waals surface area contributed by atoms with E-state index in [4.69, 9.17) is 30.0 Å². The smallest absolute Gasteiger partial charge is 0.335 e. The highest BCUT2D eigenvalue weighted by atomic mass is 16.6. The molecular weight excluding hydrogens is 310 g/mol. The maximum atomic E-state index is 10.8. The minimum atomic E-state index is -1.10. The average molecular weight is 325 g/mol. The topological polar surface area (TPSA) is 151 Å². The lowest BCUT2D eigenvalue weighted by molar-refractivity contribution is -0.143. The molecule has 0 aliphatic heterocycles. The van der Waals surface area contributed by atoms with Gasteiger partial charge < -0.3 is 24.4 Å². The molecule has 1 atom stereocenters. The Kier molecular flexibility index (Phi) is 7.94. The molecule has 124 valence electrons. The van der Waals surface area contributed by atoms with Gasteiger partial charge in [-0.1, -0.05) is 11.2 Å². The number of benzene rings is 1. The number of nitrogens with zero attached hydrogens (tertiary/aromatic N) is 3. The number of hydrogen-bond acceptors (Lipinski definition) is 6. The van der Waals surface area contributed by atoms with Crippen LogP contribution in [0.2, 0.25) is 0 Å². The van der Waals surface area contributed by atoms with Crippen molar-refractivity contribution in [1.82, 2.24) is 0 Å². The molecule has 1 aromatic carbocycles. The van der Waals surface area contributed by atoms with E-state index in [0.29, 0.717) is 0 Å². The van der Waals surface area contributed by atoms with Crippen LogP contribution in [0.5, 0.6) is 5.75 Å². The molecule has 0 fully saturated rings. The zero-order valence-electron chi connectivity index (χ0n) is 12.0. The van der Waals surface area contributed by atoms with E-state index in [9.17, 15) is 9.59 Å². The van der Waals surface area contributed by atoms with Crippen molar-refractivity contribution in [3.05, 3.63) is 40.3 Å². The van der Waals surface area contributed by atoms with E-state index in [1.807, 2.05) is 0 Å². The maximum Gasteiger partial charge on any atom is 0.335 e. The molecule has 1 unspecified atom stereocenters. The summed E-state index contributed by atoms with van der Waals surface area (Å²) in [4.78, 5) is 23.7. The molecule has 10 heteroatoms. The molecule has 0 aliphatic rings. The minimum Gasteiger partial charge on any atom is -0.491 e. The lowest BCUT2D eigenvalue weighted by Crippen LogP contribution is -2.22. The Bertz CT molecular complexity index is 587. The summed E-state index contributed by atoms with van der Waals surface area (Å²) in [6, 6.07) is 5.80. The van der Waals surface area contributed by atoms with Gasteiger partial charge in [-0.3, -0.25) is 0 Å². The van der Waals surface area contributed by atoms with E-state index < -0.39 is 24.8 Å². The summed E-state index contributed by atoms with van der Waals surface area (Å²) in [5.74, 6) is -1.90. The molecule has 0 heterocycles. The van der Waals surface area contributed by atoms with Crippen molar-refractivity contribution >= 4 is 11.9 Å². The fraction of sp³-hybridized carbons (Fsp3) is 0.385. The summed E-state index contributed by atoms with van der Waals surface area (Å²) < 4.78 is 15.3. The zero-order chi connectivity index (χ0) is 17.1. The number of carboxylic acids is 2. The fourth-order valence-electron chi connectivity index (χ4n) is 1.46. The Labute approximate surface area is 130 Å². The Morgan fingerprint density at radius 1 is 1.30 bits per heavy atom. The van der Waals surface area contributed by atoms with Crippen LogP contribution < -0.4 is 4.74 Å². The molecule has 2 N–H and O–H groups in total. The van der Waals surface area contributed by atoms with Crippen LogP contribution in [0.1, 0.15) is 10.4 Å². The van der Waals surface area contributed by atoms with Crippen molar-refractivity contribution < 1.29 is 34.0 Å². The molecule has 0 spiro atoms. The normalized spacial score (nSPS) is 11.3. The Morgan fingerprint density at radius 2 is 2.09 bits per heavy atom. The number of carbonyl (C=O) groups is 2. The summed E-state index contributed by atoms with van der Waals surface area (Å²) in [7, 11) is 0. The molecule has 0 aromatic heterocycles. The second-order valence-corrected chi connectivity index (χ2v) is 4.12. The number of carboxylic acid groups (broad SMARTS) is 2. The standard InChI is InChI=1S/C13H15N3O7/c14-16-15-11(22-5-4-21-8-12(17)18)7-23-10-3-1-2-9(6-10)13(19)20/h1-3,6,11H,4-5,7-8H2,(H,17,18)(H,19,20). The Morgan fingerprint density at radius 3 is 2.74 bits per heavy atom. The van der Waals surface area contributed by atoms with Crippen LogP contribution in [0.15, 0.2) is 29.4 Å². The minimum absolute atomic E-state index is 0.00942. The molecule has 0 saturated carbocycles. The van der Waals surface area contributed by atoms with Crippen LogP contribution in [0.3, 0.4) is 0 Å². The van der Waals surface area contributed by atoms with Crippen LogP contribution >= 0.6 is 0 Å². The lowest BCUT2D eigenvalue weighted by atomic mass is 10.2. The number of aliphatic carboxylic acids is 1. The van der Waals surface area contributed by atoms with Gasteiger partial charge >= 0.3 is 11.9 Å². The van der Waals surface area contributed by atoms with E-state index in [-0.39, 0.29) is 31.1 Å². The van der Waals surface area contributed by atoms with Gasteiger partial charge in [0, 0.05) is 4.91 Å². The Balaban J connectivity index is 2.43. The van der Waals surface area contributed by atoms with Gasteiger partial charge in [0.25, 0.3) is 0 Å². The van der Waals surface area contributed by atoms with Gasteiger partial charge in [-0.15, -0.1) is 0 Å². The molecule has 0 amide bonds. The van der Waals surface area contributed by atoms with Crippen molar-refractivity contribution in [2.24, 2.45) is 5.11 Å². The van der Waals surface area contributed by atoms with Crippen molar-refractivity contribution in [3.8, 4) is 5.75 Å². The van der Waals surface area contributed by atoms with Gasteiger partial charge in [-0.25, -0.2) is 9.59 Å². The summed E-state index contributed by atoms with van der Waals surface area (Å²) in [5.41, 5.74) is 8.52. The first-order chi connectivity index (χ1) is 11.0. The van der Waals surface area contributed by atoms with E-state index in [0.717, 1.165) is 0 Å². The fourth-order valence-corrected chi connectivity index (χ4v) is 1.46. The molecule has 0 bridgehead atoms. The highest BCUT2D eigenvalue weighted by molar-refractivity contribution is 5.87. The van der Waals surface area contributed by atoms with Crippen LogP contribution in [-0.2, 0) is 14.3 Å². The van der Waals surface area contributed by atoms with Gasteiger partial charge in [-0.05, 0) is 23.7 Å². The van der Waals surface area contributed by atoms with Crippen molar-refractivity contribution in [2.45, 2.75) is 6.23 Å². The van der Waals surface area contributed by atoms with Crippen LogP contribution in [0.25, 0.3) is 10.4 Å². The first-order valence-corrected chi connectivity index (χ1v) is 6.44. The van der Waals surface area contributed by atoms with Crippen molar-refractivity contribution in [2.75, 3.05) is 26.4 Å². The molecule has 1 rings (SSSR count). The quantitative estimate of drug-likeness (QED) is 0.271. The number of hydrogen-bond donors (Lipinski definition) is 2. The monoisotopic (exact) mass is 325 g/mol. The van der Waals surface area contributed by atoms with Crippen molar-refractivity contribution in [3.63, 3.8) is 0 Å². The predicted octanol–water partition coefficient (Wildman–Crippen LogP) is 1.52. The molecule has 0 radical (unpaired) electrons. The first kappa shape index (κ1) is 18.2. The van der Waals surface area contributed by atoms with E-state index in [1.165, 1.54) is 18.2 Å². The lowest BCUT2D eigenvalue weighted by Gasteiger charge is -2.14. The number of ether oxygens (including phenoxy) is 3. The molecule has 10 nitrogen and oxygen atoms in total. The largest absolute Gasteiger partial charge is 0.491 e. The summed E-state index contributed by atoms with van der Waals surface area (Å²) in [6.07, 6.45) is -0.957. The zero-order valence-corrected chi connectivity index (χ0v) is 12.0. The van der Waals surface area contributed by atoms with E-state index >= 15 is 0 Å². The van der Waals surface area contributed by atoms with E-state index in [1.54, 1.807) is 6.07 Å². The molecule has 1 aromatic rings. The van der Waals surface area contributed by atoms with Gasteiger partial charge in [0.15, 0.2) is 6.23 Å². The number of azide groups is 1. The third kappa shape index (κ3) is 7.67. The van der Waals surface area contributed by atoms with Crippen LogP contribution in [-0.4, -0.2) is 54.8 Å². The first-order valence-electron chi connectivity index (χ1n) is 6.44. The van der Waals surface area contributed by atoms with Crippen LogP contribution in [0, 0.1) is 0 Å². The second kappa shape index (κ2) is 10.0. The van der Waals surface area contributed by atoms with Crippen molar-refractivity contribution in [1.29, 1.82) is 0 Å². The maximum absolute atomic E-state index is 10.8. The van der Waals surface area contributed by atoms with Gasteiger partial charge in [0.1, 0.15) is 19.0 Å². The molecule has 23 heavy (non-hydrogen) atoms. The third-order valence-corrected chi connectivity index (χ3v) is 2.42. The van der Waals surface area contributed by atoms with E-state index in [2.05, 4.69) is 10.0 Å². The Hall–Kier alpha value is -2.81. The number of rotatable bonds is 11. The third-order valence-electron chi connectivity index (χ3n) is 2.42. The SMILES string of the molecule is [N-]=[N+]=NC(COc1cccc(C(=O)O)c1)OCCOCC(=O)O. The highest BCUT2D eigenvalue weighted by Crippen LogP contribution is 2.14. The molecule has 0 saturated heterocycles. The second-order valence-electron chi connectivity index (χ2n) is 4.12. The number of aromatic carboxylic acids is 1. The summed E-state index contributed by atoms with van der Waals surface area (Å²) in [5, 5.41) is 20.6. The summed E-state index contributed by atoms with van der Waals surface area (Å²) >= 11 is 0. The molecular formula is C13H15N3O7. The van der Waals surface area contributed by atoms with Gasteiger partial charge in [0.2, 0.25) is 0 Å². The predicted molar refractivity (Wildman–Crippen MR) is 76.2 cm³/mol.